The van der Waals surface area contributed by atoms with E-state index in [4.69, 9.17) is 9.72 Å². The molecule has 5 heterocycles. The third-order valence-electron chi connectivity index (χ3n) is 5.31. The van der Waals surface area contributed by atoms with Crippen molar-refractivity contribution in [2.75, 3.05) is 31.2 Å². The van der Waals surface area contributed by atoms with Crippen LogP contribution in [0.3, 0.4) is 0 Å². The van der Waals surface area contributed by atoms with Crippen LogP contribution in [0.4, 0.5) is 13.9 Å². The summed E-state index contributed by atoms with van der Waals surface area (Å²) in [6.45, 7) is 3.07. The van der Waals surface area contributed by atoms with Crippen molar-refractivity contribution in [2.45, 2.75) is 6.29 Å². The normalized spacial score (nSPS) is 17.4. The molecule has 31 heavy (non-hydrogen) atoms. The lowest BCUT2D eigenvalue weighted by molar-refractivity contribution is -0.286. The molecule has 1 fully saturated rings. The number of pyridine rings is 1. The molecule has 0 bridgehead atoms. The van der Waals surface area contributed by atoms with Crippen LogP contribution >= 0.6 is 11.3 Å². The van der Waals surface area contributed by atoms with Crippen LogP contribution in [0.25, 0.3) is 33.4 Å². The molecule has 2 aliphatic heterocycles. The van der Waals surface area contributed by atoms with Gasteiger partial charge in [-0.25, -0.2) is 9.97 Å². The Bertz CT molecular complexity index is 1280. The van der Waals surface area contributed by atoms with Gasteiger partial charge in [0.15, 0.2) is 16.6 Å². The number of rotatable bonds is 3. The summed E-state index contributed by atoms with van der Waals surface area (Å²) in [5.74, 6) is 0.0288. The van der Waals surface area contributed by atoms with E-state index in [-0.39, 0.29) is 11.5 Å². The Labute approximate surface area is 179 Å². The number of benzene rings is 1. The Kier molecular flexibility index (Phi) is 4.12. The zero-order chi connectivity index (χ0) is 21.0. The first-order valence-electron chi connectivity index (χ1n) is 9.72. The predicted octanol–water partition coefficient (Wildman–Crippen LogP) is 4.51. The third kappa shape index (κ3) is 3.28. The molecule has 7 nitrogen and oxygen atoms in total. The van der Waals surface area contributed by atoms with Crippen LogP contribution in [0.15, 0.2) is 42.0 Å². The fourth-order valence-corrected chi connectivity index (χ4v) is 4.68. The van der Waals surface area contributed by atoms with Crippen molar-refractivity contribution in [3.63, 3.8) is 0 Å². The minimum Gasteiger partial charge on any atom is -0.395 e. The average Bonchev–Trinajstić information content (AvgIpc) is 3.49. The number of anilines is 1. The number of halogens is 2. The molecule has 6 rings (SSSR count). The van der Waals surface area contributed by atoms with Crippen LogP contribution in [-0.2, 0) is 4.74 Å². The van der Waals surface area contributed by atoms with Gasteiger partial charge in [0.1, 0.15) is 5.65 Å². The molecule has 0 spiro atoms. The molecule has 1 N–H and O–H groups in total. The minimum atomic E-state index is -3.64. The topological polar surface area (TPSA) is 72.5 Å². The third-order valence-corrected chi connectivity index (χ3v) is 6.21. The molecule has 0 radical (unpaired) electrons. The molecule has 1 aromatic carbocycles. The van der Waals surface area contributed by atoms with Gasteiger partial charge in [0, 0.05) is 47.4 Å². The quantitative estimate of drug-likeness (QED) is 0.503. The van der Waals surface area contributed by atoms with Gasteiger partial charge in [-0.1, -0.05) is 6.07 Å². The van der Waals surface area contributed by atoms with Crippen LogP contribution in [0.1, 0.15) is 0 Å². The van der Waals surface area contributed by atoms with Crippen molar-refractivity contribution in [1.29, 1.82) is 0 Å². The van der Waals surface area contributed by atoms with E-state index in [1.807, 2.05) is 11.4 Å². The number of hydrogen-bond acceptors (Lipinski definition) is 7. The lowest BCUT2D eigenvalue weighted by Crippen LogP contribution is -2.36. The monoisotopic (exact) mass is 442 g/mol. The molecule has 4 aromatic rings. The molecule has 158 valence electrons. The van der Waals surface area contributed by atoms with Crippen LogP contribution in [0.5, 0.6) is 11.5 Å². The largest absolute Gasteiger partial charge is 0.586 e. The van der Waals surface area contributed by atoms with Gasteiger partial charge in [-0.2, -0.15) is 0 Å². The van der Waals surface area contributed by atoms with Crippen LogP contribution < -0.4 is 14.4 Å². The van der Waals surface area contributed by atoms with E-state index >= 15 is 0 Å². The van der Waals surface area contributed by atoms with E-state index in [0.29, 0.717) is 18.9 Å². The molecular formula is C21H16F2N4O3S. The van der Waals surface area contributed by atoms with Crippen molar-refractivity contribution in [1.82, 2.24) is 15.0 Å². The maximum absolute atomic E-state index is 13.4. The summed E-state index contributed by atoms with van der Waals surface area (Å²) >= 11 is 1.59. The molecule has 0 atom stereocenters. The summed E-state index contributed by atoms with van der Waals surface area (Å²) in [7, 11) is 0. The molecule has 10 heteroatoms. The van der Waals surface area contributed by atoms with Crippen molar-refractivity contribution in [3.05, 3.63) is 42.0 Å². The first-order chi connectivity index (χ1) is 15.1. The Hall–Kier alpha value is -3.24. The first kappa shape index (κ1) is 18.5. The van der Waals surface area contributed by atoms with Crippen molar-refractivity contribution >= 4 is 27.5 Å². The summed E-state index contributed by atoms with van der Waals surface area (Å²) in [6.07, 6.45) is -0.0585. The number of fused-ring (bicyclic) bond motifs is 2. The number of nitrogens with zero attached hydrogens (tertiary/aromatic N) is 3. The van der Waals surface area contributed by atoms with Crippen LogP contribution in [-0.4, -0.2) is 47.5 Å². The van der Waals surface area contributed by atoms with Gasteiger partial charge in [-0.15, -0.1) is 20.1 Å². The zero-order valence-electron chi connectivity index (χ0n) is 16.1. The van der Waals surface area contributed by atoms with Gasteiger partial charge in [0.2, 0.25) is 0 Å². The van der Waals surface area contributed by atoms with E-state index in [2.05, 4.69) is 24.3 Å². The summed E-state index contributed by atoms with van der Waals surface area (Å²) in [5.41, 5.74) is 3.98. The summed E-state index contributed by atoms with van der Waals surface area (Å²) in [4.78, 5) is 14.7. The molecule has 0 amide bonds. The van der Waals surface area contributed by atoms with Crippen LogP contribution in [0.2, 0.25) is 0 Å². The van der Waals surface area contributed by atoms with Crippen LogP contribution in [0, 0.1) is 0 Å². The lowest BCUT2D eigenvalue weighted by atomic mass is 10.0. The van der Waals surface area contributed by atoms with E-state index in [1.54, 1.807) is 35.9 Å². The molecule has 3 aromatic heterocycles. The SMILES string of the molecule is FC1(F)Oc2ccc(-c3c[nH]c4ncc(-c5csc(N6CCOCC6)n5)cc34)cc2O1. The standard InChI is InChI=1S/C21H16F2N4O3S/c22-21(23)29-17-2-1-12(8-18(17)30-21)15-10-25-19-14(15)7-13(9-24-19)16-11-31-20(26-16)27-3-5-28-6-4-27/h1-2,7-11H,3-6H2,(H,24,25). The van der Waals surface area contributed by atoms with Gasteiger partial charge >= 0.3 is 6.29 Å². The van der Waals surface area contributed by atoms with Gasteiger partial charge in [-0.3, -0.25) is 0 Å². The second-order valence-electron chi connectivity index (χ2n) is 7.27. The molecule has 2 aliphatic rings. The van der Waals surface area contributed by atoms with Gasteiger partial charge in [0.05, 0.1) is 18.9 Å². The molecular weight excluding hydrogens is 426 g/mol. The summed E-state index contributed by atoms with van der Waals surface area (Å²) in [5, 5.41) is 3.84. The number of H-pyrrole nitrogens is 1. The number of hydrogen-bond donors (Lipinski definition) is 1. The van der Waals surface area contributed by atoms with Crippen molar-refractivity contribution < 1.29 is 23.0 Å². The fraction of sp³-hybridized carbons (Fsp3) is 0.238. The smallest absolute Gasteiger partial charge is 0.395 e. The second kappa shape index (κ2) is 6.89. The predicted molar refractivity (Wildman–Crippen MR) is 112 cm³/mol. The number of thiazole rings is 1. The Balaban J connectivity index is 1.36. The van der Waals surface area contributed by atoms with E-state index < -0.39 is 6.29 Å². The number of morpholine rings is 1. The Morgan fingerprint density at radius 1 is 1.06 bits per heavy atom. The summed E-state index contributed by atoms with van der Waals surface area (Å²) < 4.78 is 41.2. The number of alkyl halides is 2. The Morgan fingerprint density at radius 3 is 2.77 bits per heavy atom. The zero-order valence-corrected chi connectivity index (χ0v) is 16.9. The highest BCUT2D eigenvalue weighted by Gasteiger charge is 2.43. The van der Waals surface area contributed by atoms with E-state index in [9.17, 15) is 8.78 Å². The Morgan fingerprint density at radius 2 is 1.90 bits per heavy atom. The fourth-order valence-electron chi connectivity index (χ4n) is 3.80. The van der Waals surface area contributed by atoms with Gasteiger partial charge < -0.3 is 24.1 Å². The number of aromatic amines is 1. The van der Waals surface area contributed by atoms with E-state index in [0.717, 1.165) is 46.0 Å². The molecule has 0 aliphatic carbocycles. The van der Waals surface area contributed by atoms with E-state index in [1.165, 1.54) is 6.07 Å². The molecule has 1 saturated heterocycles. The first-order valence-corrected chi connectivity index (χ1v) is 10.6. The maximum Gasteiger partial charge on any atom is 0.586 e. The van der Waals surface area contributed by atoms with Crippen molar-refractivity contribution in [3.8, 4) is 33.9 Å². The highest BCUT2D eigenvalue weighted by molar-refractivity contribution is 7.14. The highest BCUT2D eigenvalue weighted by Crippen LogP contribution is 2.44. The second-order valence-corrected chi connectivity index (χ2v) is 8.10. The number of ether oxygens (including phenoxy) is 3. The molecule has 0 unspecified atom stereocenters. The molecule has 0 saturated carbocycles. The van der Waals surface area contributed by atoms with Crippen molar-refractivity contribution in [2.24, 2.45) is 0 Å². The lowest BCUT2D eigenvalue weighted by Gasteiger charge is -2.26. The number of aromatic nitrogens is 3. The highest BCUT2D eigenvalue weighted by atomic mass is 32.1. The van der Waals surface area contributed by atoms with Gasteiger partial charge in [0.25, 0.3) is 0 Å². The average molecular weight is 442 g/mol. The maximum atomic E-state index is 13.4. The number of nitrogens with one attached hydrogen (secondary N) is 1. The summed E-state index contributed by atoms with van der Waals surface area (Å²) in [6, 6.07) is 6.76. The van der Waals surface area contributed by atoms with Gasteiger partial charge in [-0.05, 0) is 23.8 Å². The minimum absolute atomic E-state index is 0.00983.